The minimum Gasteiger partial charge on any atom is -0.387 e. The van der Waals surface area contributed by atoms with Crippen LogP contribution in [-0.4, -0.2) is 52.4 Å². The van der Waals surface area contributed by atoms with Crippen LogP contribution in [-0.2, 0) is 27.4 Å². The Balaban J connectivity index is 1.40. The van der Waals surface area contributed by atoms with Gasteiger partial charge in [0.2, 0.25) is 0 Å². The van der Waals surface area contributed by atoms with Crippen LogP contribution in [0.1, 0.15) is 18.1 Å². The zero-order chi connectivity index (χ0) is 22.3. The highest BCUT2D eigenvalue weighted by Gasteiger charge is 2.45. The second kappa shape index (κ2) is 11.3. The minimum atomic E-state index is -0.991. The molecule has 6 heteroatoms. The molecule has 1 saturated heterocycles. The van der Waals surface area contributed by atoms with Gasteiger partial charge in [0.25, 0.3) is 0 Å². The number of hydrogen-bond acceptors (Lipinski definition) is 6. The fourth-order valence-electron chi connectivity index (χ4n) is 3.93. The van der Waals surface area contributed by atoms with Crippen LogP contribution in [0.25, 0.3) is 10.8 Å². The van der Waals surface area contributed by atoms with Crippen molar-refractivity contribution in [2.75, 3.05) is 12.4 Å². The summed E-state index contributed by atoms with van der Waals surface area (Å²) in [5.74, 6) is 0.785. The van der Waals surface area contributed by atoms with Crippen LogP contribution in [0.4, 0.5) is 0 Å². The Morgan fingerprint density at radius 2 is 1.59 bits per heavy atom. The van der Waals surface area contributed by atoms with Crippen molar-refractivity contribution in [2.45, 2.75) is 50.0 Å². The highest BCUT2D eigenvalue weighted by atomic mass is 32.2. The molecule has 1 fully saturated rings. The molecule has 1 aliphatic rings. The summed E-state index contributed by atoms with van der Waals surface area (Å²) in [7, 11) is 0. The molecule has 1 heterocycles. The Labute approximate surface area is 193 Å². The van der Waals surface area contributed by atoms with Crippen LogP contribution >= 0.6 is 11.8 Å². The van der Waals surface area contributed by atoms with Gasteiger partial charge in [-0.05, 0) is 33.7 Å². The van der Waals surface area contributed by atoms with E-state index in [1.807, 2.05) is 55.5 Å². The lowest BCUT2D eigenvalue weighted by molar-refractivity contribution is -0.227. The Hall–Kier alpha value is -1.93. The quantitative estimate of drug-likeness (QED) is 0.507. The Morgan fingerprint density at radius 1 is 0.844 bits per heavy atom. The first-order valence-electron chi connectivity index (χ1n) is 11.0. The standard InChI is InChI=1S/C26H30O5S/c1-2-32-26-24(28)25(30-16-19-12-13-20-10-6-7-11-21(20)14-19)23(27)22(31-26)17-29-15-18-8-4-3-5-9-18/h3-14,22-28H,2,15-17H2,1H3/t22-,23-,24+,25+,26-/m1/s1. The van der Waals surface area contributed by atoms with Crippen molar-refractivity contribution in [1.82, 2.24) is 0 Å². The van der Waals surface area contributed by atoms with Gasteiger partial charge in [-0.3, -0.25) is 0 Å². The van der Waals surface area contributed by atoms with Crippen molar-refractivity contribution in [3.05, 3.63) is 83.9 Å². The number of fused-ring (bicyclic) bond motifs is 1. The molecule has 0 unspecified atom stereocenters. The van der Waals surface area contributed by atoms with Gasteiger partial charge in [0, 0.05) is 0 Å². The van der Waals surface area contributed by atoms with Gasteiger partial charge in [-0.25, -0.2) is 0 Å². The van der Waals surface area contributed by atoms with Crippen molar-refractivity contribution < 1.29 is 24.4 Å². The second-order valence-electron chi connectivity index (χ2n) is 7.94. The van der Waals surface area contributed by atoms with Crippen LogP contribution in [0.15, 0.2) is 72.8 Å². The van der Waals surface area contributed by atoms with E-state index in [1.165, 1.54) is 11.8 Å². The summed E-state index contributed by atoms with van der Waals surface area (Å²) < 4.78 is 17.9. The highest BCUT2D eigenvalue weighted by molar-refractivity contribution is 7.99. The summed E-state index contributed by atoms with van der Waals surface area (Å²) in [5, 5.41) is 24.1. The number of aliphatic hydroxyl groups is 2. The molecule has 0 bridgehead atoms. The first-order valence-corrected chi connectivity index (χ1v) is 12.0. The number of hydrogen-bond donors (Lipinski definition) is 2. The maximum Gasteiger partial charge on any atom is 0.132 e. The van der Waals surface area contributed by atoms with E-state index in [0.717, 1.165) is 27.7 Å². The molecular formula is C26H30O5S. The fraction of sp³-hybridized carbons (Fsp3) is 0.385. The molecule has 0 spiro atoms. The molecule has 4 rings (SSSR count). The maximum absolute atomic E-state index is 10.9. The van der Waals surface area contributed by atoms with Gasteiger partial charge in [-0.2, -0.15) is 0 Å². The second-order valence-corrected chi connectivity index (χ2v) is 9.31. The average Bonchev–Trinajstić information content (AvgIpc) is 2.82. The molecule has 0 aliphatic carbocycles. The lowest BCUT2D eigenvalue weighted by atomic mass is 9.99. The number of rotatable bonds is 9. The summed E-state index contributed by atoms with van der Waals surface area (Å²) >= 11 is 1.50. The monoisotopic (exact) mass is 454 g/mol. The molecule has 5 atom stereocenters. The Bertz CT molecular complexity index is 982. The van der Waals surface area contributed by atoms with Crippen LogP contribution < -0.4 is 0 Å². The van der Waals surface area contributed by atoms with Gasteiger partial charge in [-0.1, -0.05) is 73.7 Å². The third-order valence-corrected chi connectivity index (χ3v) is 6.67. The first-order chi connectivity index (χ1) is 15.7. The van der Waals surface area contributed by atoms with E-state index in [9.17, 15) is 10.2 Å². The zero-order valence-corrected chi connectivity index (χ0v) is 19.0. The number of benzene rings is 3. The molecule has 0 amide bonds. The predicted molar refractivity (Wildman–Crippen MR) is 127 cm³/mol. The van der Waals surface area contributed by atoms with Crippen molar-refractivity contribution >= 4 is 22.5 Å². The molecule has 1 aliphatic heterocycles. The van der Waals surface area contributed by atoms with Gasteiger partial charge in [0.15, 0.2) is 0 Å². The van der Waals surface area contributed by atoms with Crippen LogP contribution in [0.2, 0.25) is 0 Å². The maximum atomic E-state index is 10.9. The van der Waals surface area contributed by atoms with Crippen molar-refractivity contribution in [3.63, 3.8) is 0 Å². The summed E-state index contributed by atoms with van der Waals surface area (Å²) in [6.07, 6.45) is -3.26. The third kappa shape index (κ3) is 5.70. The van der Waals surface area contributed by atoms with E-state index in [1.54, 1.807) is 0 Å². The summed E-state index contributed by atoms with van der Waals surface area (Å²) in [4.78, 5) is 0. The van der Waals surface area contributed by atoms with E-state index in [2.05, 4.69) is 24.3 Å². The van der Waals surface area contributed by atoms with E-state index >= 15 is 0 Å². The molecule has 3 aromatic rings. The molecule has 0 aromatic heterocycles. The normalized spacial score (nSPS) is 25.8. The van der Waals surface area contributed by atoms with Crippen molar-refractivity contribution in [3.8, 4) is 0 Å². The highest BCUT2D eigenvalue weighted by Crippen LogP contribution is 2.31. The van der Waals surface area contributed by atoms with Crippen molar-refractivity contribution in [2.24, 2.45) is 0 Å². The summed E-state index contributed by atoms with van der Waals surface area (Å²) in [6.45, 7) is 2.96. The first kappa shape index (κ1) is 23.2. The smallest absolute Gasteiger partial charge is 0.132 e. The van der Waals surface area contributed by atoms with Crippen LogP contribution in [0.3, 0.4) is 0 Å². The van der Waals surface area contributed by atoms with Gasteiger partial charge in [-0.15, -0.1) is 11.8 Å². The number of aliphatic hydroxyl groups excluding tert-OH is 2. The van der Waals surface area contributed by atoms with E-state index in [-0.39, 0.29) is 6.61 Å². The van der Waals surface area contributed by atoms with E-state index in [0.29, 0.717) is 13.2 Å². The molecule has 5 nitrogen and oxygen atoms in total. The zero-order valence-electron chi connectivity index (χ0n) is 18.2. The van der Waals surface area contributed by atoms with E-state index < -0.39 is 29.9 Å². The SMILES string of the molecule is CCS[C@H]1O[C@H](COCc2ccccc2)[C@@H](O)[C@H](OCc2ccc3ccccc3c2)[C@@H]1O. The Kier molecular flexibility index (Phi) is 8.19. The van der Waals surface area contributed by atoms with Gasteiger partial charge in [0.1, 0.15) is 29.9 Å². The van der Waals surface area contributed by atoms with Crippen LogP contribution in [0, 0.1) is 0 Å². The molecule has 170 valence electrons. The predicted octanol–water partition coefficient (Wildman–Crippen LogP) is 4.14. The summed E-state index contributed by atoms with van der Waals surface area (Å²) in [6, 6.07) is 24.2. The molecule has 32 heavy (non-hydrogen) atoms. The average molecular weight is 455 g/mol. The molecule has 0 saturated carbocycles. The molecule has 0 radical (unpaired) electrons. The Morgan fingerprint density at radius 3 is 2.38 bits per heavy atom. The van der Waals surface area contributed by atoms with Gasteiger partial charge >= 0.3 is 0 Å². The number of thioether (sulfide) groups is 1. The third-order valence-electron chi connectivity index (χ3n) is 5.62. The van der Waals surface area contributed by atoms with Crippen LogP contribution in [0.5, 0.6) is 0 Å². The van der Waals surface area contributed by atoms with Gasteiger partial charge < -0.3 is 24.4 Å². The number of ether oxygens (including phenoxy) is 3. The minimum absolute atomic E-state index is 0.222. The van der Waals surface area contributed by atoms with Crippen molar-refractivity contribution in [1.29, 1.82) is 0 Å². The topological polar surface area (TPSA) is 68.2 Å². The van der Waals surface area contributed by atoms with E-state index in [4.69, 9.17) is 14.2 Å². The fourth-order valence-corrected chi connectivity index (χ4v) is 4.83. The van der Waals surface area contributed by atoms with Gasteiger partial charge in [0.05, 0.1) is 19.8 Å². The largest absolute Gasteiger partial charge is 0.387 e. The summed E-state index contributed by atoms with van der Waals surface area (Å²) in [5.41, 5.74) is 1.57. The lowest BCUT2D eigenvalue weighted by Gasteiger charge is -2.42. The molecule has 2 N–H and O–H groups in total. The lowest BCUT2D eigenvalue weighted by Crippen LogP contribution is -2.58. The molecular weight excluding hydrogens is 424 g/mol. The molecule has 3 aromatic carbocycles.